The molecule has 0 heterocycles. The van der Waals surface area contributed by atoms with E-state index in [-0.39, 0.29) is 0 Å². The van der Waals surface area contributed by atoms with Crippen molar-refractivity contribution in [1.29, 1.82) is 0 Å². The molecule has 0 saturated heterocycles. The molecule has 1 rings (SSSR count). The van der Waals surface area contributed by atoms with Gasteiger partial charge in [0.25, 0.3) is 0 Å². The van der Waals surface area contributed by atoms with Crippen LogP contribution in [0.3, 0.4) is 0 Å². The number of allylic oxidation sites excluding steroid dienone is 4. The van der Waals surface area contributed by atoms with Gasteiger partial charge in [0.15, 0.2) is 10.5 Å². The monoisotopic (exact) mass is 317 g/mol. The Balaban J connectivity index is 2.63. The summed E-state index contributed by atoms with van der Waals surface area (Å²) in [5.41, 5.74) is 0. The predicted molar refractivity (Wildman–Crippen MR) is 76.6 cm³/mol. The summed E-state index contributed by atoms with van der Waals surface area (Å²) >= 11 is 3.01. The Labute approximate surface area is 111 Å². The first kappa shape index (κ1) is 14.4. The van der Waals surface area contributed by atoms with E-state index >= 15 is 0 Å². The van der Waals surface area contributed by atoms with E-state index < -0.39 is 18.8 Å². The van der Waals surface area contributed by atoms with Gasteiger partial charge >= 0.3 is 0 Å². The average Bonchev–Trinajstić information content (AvgIpc) is 2.12. The minimum atomic E-state index is -1.69. The van der Waals surface area contributed by atoms with Crippen LogP contribution in [0.4, 0.5) is 4.39 Å². The van der Waals surface area contributed by atoms with Gasteiger partial charge in [-0.3, -0.25) is 0 Å². The van der Waals surface area contributed by atoms with E-state index in [0.29, 0.717) is 5.88 Å². The van der Waals surface area contributed by atoms with Crippen molar-refractivity contribution in [2.75, 3.05) is 0 Å². The molecule has 1 aliphatic rings. The average molecular weight is 318 g/mol. The first-order chi connectivity index (χ1) is 7.71. The topological polar surface area (TPSA) is 21.6 Å². The number of halogens is 2. The lowest BCUT2D eigenvalue weighted by atomic mass is 10.0. The molecule has 0 radical (unpaired) electrons. The van der Waals surface area contributed by atoms with E-state index in [1.807, 2.05) is 19.6 Å². The summed E-state index contributed by atoms with van der Waals surface area (Å²) in [5.74, 6) is -0.107. The maximum Gasteiger partial charge on any atom is 0.244 e. The molecular weight excluding hydrogens is 301 g/mol. The van der Waals surface area contributed by atoms with Gasteiger partial charge in [-0.1, -0.05) is 18.2 Å². The molecule has 2 atom stereocenters. The molecule has 0 N–H and O–H groups in total. The Morgan fingerprint density at radius 1 is 1.53 bits per heavy atom. The lowest BCUT2D eigenvalue weighted by Gasteiger charge is -2.22. The van der Waals surface area contributed by atoms with E-state index in [1.54, 1.807) is 18.2 Å². The van der Waals surface area contributed by atoms with Crippen LogP contribution in [0.15, 0.2) is 41.8 Å². The Kier molecular flexibility index (Phi) is 4.49. The third-order valence-corrected chi connectivity index (χ3v) is 3.64. The van der Waals surface area contributed by atoms with E-state index in [1.165, 1.54) is 12.3 Å². The molecule has 1 aliphatic carbocycles. The number of nitrogens with zero attached hydrogens (tertiary/aromatic N) is 1. The number of rotatable bonds is 4. The van der Waals surface area contributed by atoms with Gasteiger partial charge in [0.2, 0.25) is 8.32 Å². The van der Waals surface area contributed by atoms with Gasteiger partial charge in [-0.05, 0) is 48.2 Å². The molecule has 0 spiro atoms. The second kappa shape index (κ2) is 5.31. The standard InChI is InChI=1S/C12H17BrFNOSi/c1-10(16-17(2,3)4)15-9-11-7-5-6-8-12(11,13)14/h5-9,11H,1H2,2-4H3. The van der Waals surface area contributed by atoms with Crippen molar-refractivity contribution in [2.24, 2.45) is 10.9 Å². The summed E-state index contributed by atoms with van der Waals surface area (Å²) in [4.78, 5) is 4.07. The highest BCUT2D eigenvalue weighted by Crippen LogP contribution is 2.33. The van der Waals surface area contributed by atoms with Crippen molar-refractivity contribution in [3.63, 3.8) is 0 Å². The van der Waals surface area contributed by atoms with Crippen molar-refractivity contribution in [3.8, 4) is 0 Å². The van der Waals surface area contributed by atoms with Gasteiger partial charge in [-0.15, -0.1) is 0 Å². The van der Waals surface area contributed by atoms with Gasteiger partial charge in [-0.2, -0.15) is 0 Å². The third kappa shape index (κ3) is 5.00. The van der Waals surface area contributed by atoms with Crippen molar-refractivity contribution >= 4 is 30.5 Å². The lowest BCUT2D eigenvalue weighted by molar-refractivity contribution is 0.333. The summed E-state index contributed by atoms with van der Waals surface area (Å²) < 4.78 is 17.9. The molecule has 0 bridgehead atoms. The van der Waals surface area contributed by atoms with Crippen LogP contribution in [-0.2, 0) is 4.43 Å². The molecule has 0 aromatic carbocycles. The zero-order valence-corrected chi connectivity index (χ0v) is 12.9. The molecular formula is C12H17BrFNOSi. The smallest absolute Gasteiger partial charge is 0.244 e. The summed E-state index contributed by atoms with van der Waals surface area (Å²) in [5, 5.41) is 0. The molecule has 94 valence electrons. The highest BCUT2D eigenvalue weighted by Gasteiger charge is 2.32. The van der Waals surface area contributed by atoms with Gasteiger partial charge in [0.05, 0.1) is 5.92 Å². The highest BCUT2D eigenvalue weighted by atomic mass is 79.9. The Morgan fingerprint density at radius 3 is 2.71 bits per heavy atom. The second-order valence-corrected chi connectivity index (χ2v) is 10.5. The molecule has 17 heavy (non-hydrogen) atoms. The number of hydrogen-bond donors (Lipinski definition) is 0. The minimum Gasteiger partial charge on any atom is -0.532 e. The Bertz CT molecular complexity index is 382. The fourth-order valence-corrected chi connectivity index (χ4v) is 2.48. The molecule has 0 aromatic heterocycles. The van der Waals surface area contributed by atoms with Gasteiger partial charge in [-0.25, -0.2) is 9.38 Å². The van der Waals surface area contributed by atoms with Crippen molar-refractivity contribution in [1.82, 2.24) is 0 Å². The maximum atomic E-state index is 13.9. The first-order valence-electron chi connectivity index (χ1n) is 5.37. The molecule has 2 unspecified atom stereocenters. The number of aliphatic imine (C=N–C) groups is 1. The zero-order valence-electron chi connectivity index (χ0n) is 10.3. The van der Waals surface area contributed by atoms with E-state index in [2.05, 4.69) is 27.5 Å². The van der Waals surface area contributed by atoms with E-state index in [9.17, 15) is 4.39 Å². The maximum absolute atomic E-state index is 13.9. The molecule has 0 aromatic rings. The predicted octanol–water partition coefficient (Wildman–Crippen LogP) is 4.18. The Morgan fingerprint density at radius 2 is 2.18 bits per heavy atom. The van der Waals surface area contributed by atoms with Crippen LogP contribution in [-0.4, -0.2) is 19.1 Å². The molecule has 2 nitrogen and oxygen atoms in total. The largest absolute Gasteiger partial charge is 0.532 e. The number of hydrogen-bond acceptors (Lipinski definition) is 2. The van der Waals surface area contributed by atoms with E-state index in [0.717, 1.165) is 0 Å². The highest BCUT2D eigenvalue weighted by molar-refractivity contribution is 9.10. The van der Waals surface area contributed by atoms with Gasteiger partial charge < -0.3 is 4.43 Å². The van der Waals surface area contributed by atoms with E-state index in [4.69, 9.17) is 4.43 Å². The molecule has 0 fully saturated rings. The fourth-order valence-electron chi connectivity index (χ4n) is 1.30. The summed E-state index contributed by atoms with van der Waals surface area (Å²) in [6.07, 6.45) is 8.15. The van der Waals surface area contributed by atoms with Crippen LogP contribution < -0.4 is 0 Å². The molecule has 5 heteroatoms. The second-order valence-electron chi connectivity index (χ2n) is 4.83. The fraction of sp³-hybridized carbons (Fsp3) is 0.417. The quantitative estimate of drug-likeness (QED) is 0.330. The molecule has 0 aliphatic heterocycles. The van der Waals surface area contributed by atoms with Gasteiger partial charge in [0, 0.05) is 6.21 Å². The Hall–Kier alpha value is -0.683. The van der Waals surface area contributed by atoms with Crippen LogP contribution in [0.2, 0.25) is 19.6 Å². The zero-order chi connectivity index (χ0) is 13.1. The van der Waals surface area contributed by atoms with Crippen molar-refractivity contribution in [3.05, 3.63) is 36.8 Å². The lowest BCUT2D eigenvalue weighted by Crippen LogP contribution is -2.26. The van der Waals surface area contributed by atoms with Gasteiger partial charge in [0.1, 0.15) is 0 Å². The minimum absolute atomic E-state index is 0.343. The van der Waals surface area contributed by atoms with Crippen LogP contribution in [0, 0.1) is 5.92 Å². The SMILES string of the molecule is C=C(N=CC1C=CC=CC1(F)Br)O[Si](C)(C)C. The number of alkyl halides is 2. The normalized spacial score (nSPS) is 28.6. The third-order valence-electron chi connectivity index (χ3n) is 2.00. The summed E-state index contributed by atoms with van der Waals surface area (Å²) in [6.45, 7) is 9.83. The first-order valence-corrected chi connectivity index (χ1v) is 9.57. The molecule has 0 saturated carbocycles. The summed E-state index contributed by atoms with van der Waals surface area (Å²) in [7, 11) is -1.69. The van der Waals surface area contributed by atoms with Crippen LogP contribution in [0.25, 0.3) is 0 Å². The summed E-state index contributed by atoms with van der Waals surface area (Å²) in [6, 6.07) is 0. The van der Waals surface area contributed by atoms with Crippen molar-refractivity contribution in [2.45, 2.75) is 24.2 Å². The van der Waals surface area contributed by atoms with Crippen molar-refractivity contribution < 1.29 is 8.82 Å². The molecule has 0 amide bonds. The van der Waals surface area contributed by atoms with Crippen LogP contribution >= 0.6 is 15.9 Å². The van der Waals surface area contributed by atoms with Crippen LogP contribution in [0.1, 0.15) is 0 Å². The van der Waals surface area contributed by atoms with Crippen LogP contribution in [0.5, 0.6) is 0 Å².